The molecule has 0 atom stereocenters. The van der Waals surface area contributed by atoms with Gasteiger partial charge in [-0.15, -0.1) is 0 Å². The van der Waals surface area contributed by atoms with Gasteiger partial charge in [-0.2, -0.15) is 0 Å². The van der Waals surface area contributed by atoms with Crippen molar-refractivity contribution in [3.8, 4) is 0 Å². The van der Waals surface area contributed by atoms with E-state index in [1.165, 1.54) is 5.69 Å². The fourth-order valence-corrected chi connectivity index (χ4v) is 2.18. The maximum absolute atomic E-state index is 11.7. The van der Waals surface area contributed by atoms with Crippen LogP contribution in [0.2, 0.25) is 0 Å². The molecular formula is C17H29N3O. The van der Waals surface area contributed by atoms with Gasteiger partial charge in [0.15, 0.2) is 0 Å². The van der Waals surface area contributed by atoms with Gasteiger partial charge in [-0.25, -0.2) is 0 Å². The molecule has 0 radical (unpaired) electrons. The Balaban J connectivity index is 2.41. The molecule has 0 saturated carbocycles. The summed E-state index contributed by atoms with van der Waals surface area (Å²) in [5.74, 6) is 0.0785. The molecule has 0 bridgehead atoms. The SMILES string of the molecule is CCN(CC)c1ccc(NCCC(=O)NC(C)(C)C)cc1. The molecule has 0 spiro atoms. The number of nitrogens with one attached hydrogen (secondary N) is 2. The molecule has 1 aromatic rings. The highest BCUT2D eigenvalue weighted by molar-refractivity contribution is 5.77. The van der Waals surface area contributed by atoms with Gasteiger partial charge < -0.3 is 15.5 Å². The molecule has 1 amide bonds. The summed E-state index contributed by atoms with van der Waals surface area (Å²) in [6.45, 7) is 12.9. The molecule has 0 saturated heterocycles. The highest BCUT2D eigenvalue weighted by Gasteiger charge is 2.12. The van der Waals surface area contributed by atoms with Gasteiger partial charge in [0.2, 0.25) is 5.91 Å². The Morgan fingerprint density at radius 2 is 1.67 bits per heavy atom. The van der Waals surface area contributed by atoms with E-state index in [1.54, 1.807) is 0 Å². The lowest BCUT2D eigenvalue weighted by Gasteiger charge is -2.21. The Bertz CT molecular complexity index is 430. The van der Waals surface area contributed by atoms with Crippen molar-refractivity contribution in [2.24, 2.45) is 0 Å². The number of benzene rings is 1. The second kappa shape index (κ2) is 7.91. The number of hydrogen-bond acceptors (Lipinski definition) is 3. The zero-order valence-electron chi connectivity index (χ0n) is 14.0. The minimum Gasteiger partial charge on any atom is -0.385 e. The summed E-state index contributed by atoms with van der Waals surface area (Å²) >= 11 is 0. The summed E-state index contributed by atoms with van der Waals surface area (Å²) in [6, 6.07) is 8.36. The fourth-order valence-electron chi connectivity index (χ4n) is 2.18. The predicted molar refractivity (Wildman–Crippen MR) is 91.0 cm³/mol. The van der Waals surface area contributed by atoms with E-state index in [2.05, 4.69) is 53.6 Å². The molecule has 0 aliphatic carbocycles. The molecular weight excluding hydrogens is 262 g/mol. The third kappa shape index (κ3) is 6.52. The van der Waals surface area contributed by atoms with Crippen LogP contribution in [0.4, 0.5) is 11.4 Å². The Morgan fingerprint density at radius 3 is 2.14 bits per heavy atom. The van der Waals surface area contributed by atoms with Gasteiger partial charge in [0.25, 0.3) is 0 Å². The first kappa shape index (κ1) is 17.3. The van der Waals surface area contributed by atoms with Crippen LogP contribution in [0.1, 0.15) is 41.0 Å². The number of carbonyl (C=O) groups is 1. The van der Waals surface area contributed by atoms with E-state index in [4.69, 9.17) is 0 Å². The number of hydrogen-bond donors (Lipinski definition) is 2. The Kier molecular flexibility index (Phi) is 6.53. The van der Waals surface area contributed by atoms with Crippen molar-refractivity contribution < 1.29 is 4.79 Å². The first-order valence-electron chi connectivity index (χ1n) is 7.75. The van der Waals surface area contributed by atoms with E-state index in [1.807, 2.05) is 20.8 Å². The molecule has 4 heteroatoms. The lowest BCUT2D eigenvalue weighted by molar-refractivity contribution is -0.122. The number of anilines is 2. The zero-order chi connectivity index (χ0) is 15.9. The van der Waals surface area contributed by atoms with Crippen molar-refractivity contribution in [3.05, 3.63) is 24.3 Å². The molecule has 1 aromatic carbocycles. The Hall–Kier alpha value is -1.71. The summed E-state index contributed by atoms with van der Waals surface area (Å²) in [5, 5.41) is 6.24. The second-order valence-corrected chi connectivity index (χ2v) is 6.19. The molecule has 1 rings (SSSR count). The van der Waals surface area contributed by atoms with E-state index in [-0.39, 0.29) is 11.4 Å². The largest absolute Gasteiger partial charge is 0.385 e. The van der Waals surface area contributed by atoms with Crippen LogP contribution >= 0.6 is 0 Å². The maximum Gasteiger partial charge on any atom is 0.222 e. The summed E-state index contributed by atoms with van der Waals surface area (Å²) in [7, 11) is 0. The first-order chi connectivity index (χ1) is 9.85. The number of rotatable bonds is 7. The van der Waals surface area contributed by atoms with Gasteiger partial charge >= 0.3 is 0 Å². The number of amides is 1. The molecule has 21 heavy (non-hydrogen) atoms. The van der Waals surface area contributed by atoms with Crippen LogP contribution in [0.3, 0.4) is 0 Å². The van der Waals surface area contributed by atoms with Gasteiger partial charge in [-0.1, -0.05) is 0 Å². The van der Waals surface area contributed by atoms with Crippen molar-refractivity contribution >= 4 is 17.3 Å². The van der Waals surface area contributed by atoms with Crippen LogP contribution in [0.25, 0.3) is 0 Å². The summed E-state index contributed by atoms with van der Waals surface area (Å²) < 4.78 is 0. The molecule has 0 heterocycles. The predicted octanol–water partition coefficient (Wildman–Crippen LogP) is 3.25. The quantitative estimate of drug-likeness (QED) is 0.810. The molecule has 4 nitrogen and oxygen atoms in total. The third-order valence-electron chi connectivity index (χ3n) is 3.19. The molecule has 118 valence electrons. The van der Waals surface area contributed by atoms with Gasteiger partial charge in [-0.05, 0) is 58.9 Å². The van der Waals surface area contributed by atoms with E-state index in [0.29, 0.717) is 13.0 Å². The Labute approximate surface area is 128 Å². The molecule has 0 aliphatic heterocycles. The van der Waals surface area contributed by atoms with Gasteiger partial charge in [0.1, 0.15) is 0 Å². The summed E-state index contributed by atoms with van der Waals surface area (Å²) in [6.07, 6.45) is 0.481. The van der Waals surface area contributed by atoms with Crippen molar-refractivity contribution in [2.75, 3.05) is 29.9 Å². The van der Waals surface area contributed by atoms with Crippen molar-refractivity contribution in [1.29, 1.82) is 0 Å². The van der Waals surface area contributed by atoms with Gasteiger partial charge in [0.05, 0.1) is 0 Å². The van der Waals surface area contributed by atoms with Crippen molar-refractivity contribution in [2.45, 2.75) is 46.6 Å². The molecule has 2 N–H and O–H groups in total. The topological polar surface area (TPSA) is 44.4 Å². The van der Waals surface area contributed by atoms with Gasteiger partial charge in [-0.3, -0.25) is 4.79 Å². The molecule has 0 aromatic heterocycles. The summed E-state index contributed by atoms with van der Waals surface area (Å²) in [5.41, 5.74) is 2.12. The zero-order valence-corrected chi connectivity index (χ0v) is 14.0. The smallest absolute Gasteiger partial charge is 0.222 e. The van der Waals surface area contributed by atoms with Crippen molar-refractivity contribution in [1.82, 2.24) is 5.32 Å². The number of nitrogens with zero attached hydrogens (tertiary/aromatic N) is 1. The average Bonchev–Trinajstić information content (AvgIpc) is 2.40. The second-order valence-electron chi connectivity index (χ2n) is 6.19. The lowest BCUT2D eigenvalue weighted by Crippen LogP contribution is -2.41. The molecule has 0 fully saturated rings. The highest BCUT2D eigenvalue weighted by atomic mass is 16.1. The van der Waals surface area contributed by atoms with Crippen LogP contribution in [-0.4, -0.2) is 31.1 Å². The minimum atomic E-state index is -0.164. The highest BCUT2D eigenvalue weighted by Crippen LogP contribution is 2.17. The van der Waals surface area contributed by atoms with Gasteiger partial charge in [0, 0.05) is 43.0 Å². The van der Waals surface area contributed by atoms with Crippen LogP contribution < -0.4 is 15.5 Å². The molecule has 0 unspecified atom stereocenters. The fraction of sp³-hybridized carbons (Fsp3) is 0.588. The normalized spacial score (nSPS) is 11.1. The average molecular weight is 291 g/mol. The lowest BCUT2D eigenvalue weighted by atomic mass is 10.1. The van der Waals surface area contributed by atoms with Crippen molar-refractivity contribution in [3.63, 3.8) is 0 Å². The van der Waals surface area contributed by atoms with E-state index >= 15 is 0 Å². The minimum absolute atomic E-state index is 0.0785. The summed E-state index contributed by atoms with van der Waals surface area (Å²) in [4.78, 5) is 14.0. The third-order valence-corrected chi connectivity index (χ3v) is 3.19. The number of carbonyl (C=O) groups excluding carboxylic acids is 1. The molecule has 0 aliphatic rings. The van der Waals surface area contributed by atoms with Crippen LogP contribution in [0.5, 0.6) is 0 Å². The maximum atomic E-state index is 11.7. The van der Waals surface area contributed by atoms with Crippen LogP contribution in [0, 0.1) is 0 Å². The monoisotopic (exact) mass is 291 g/mol. The van der Waals surface area contributed by atoms with E-state index < -0.39 is 0 Å². The van der Waals surface area contributed by atoms with Crippen LogP contribution in [0.15, 0.2) is 24.3 Å². The van der Waals surface area contributed by atoms with Crippen LogP contribution in [-0.2, 0) is 4.79 Å². The van der Waals surface area contributed by atoms with E-state index in [0.717, 1.165) is 18.8 Å². The first-order valence-corrected chi connectivity index (χ1v) is 7.75. The Morgan fingerprint density at radius 1 is 1.10 bits per heavy atom. The standard InChI is InChI=1S/C17H29N3O/c1-6-20(7-2)15-10-8-14(9-11-15)18-13-12-16(21)19-17(3,4)5/h8-11,18H,6-7,12-13H2,1-5H3,(H,19,21). The van der Waals surface area contributed by atoms with E-state index in [9.17, 15) is 4.79 Å².